The fourth-order valence-corrected chi connectivity index (χ4v) is 2.12. The second kappa shape index (κ2) is 3.93. The van der Waals surface area contributed by atoms with Gasteiger partial charge in [-0.25, -0.2) is 0 Å². The Hall–Kier alpha value is -1.50. The first-order valence-corrected chi connectivity index (χ1v) is 5.35. The van der Waals surface area contributed by atoms with Crippen LogP contribution in [0.25, 0.3) is 0 Å². The molecule has 1 nitrogen and oxygen atoms in total. The molecule has 2 aliphatic heterocycles. The highest BCUT2D eigenvalue weighted by molar-refractivity contribution is 5.50. The molecule has 0 atom stereocenters. The van der Waals surface area contributed by atoms with Crippen molar-refractivity contribution in [1.29, 1.82) is 0 Å². The lowest BCUT2D eigenvalue weighted by molar-refractivity contribution is 0.415. The number of hydrogen-bond donors (Lipinski definition) is 0. The van der Waals surface area contributed by atoms with E-state index in [2.05, 4.69) is 48.8 Å². The third-order valence-electron chi connectivity index (χ3n) is 2.68. The van der Waals surface area contributed by atoms with E-state index in [1.54, 1.807) is 0 Å². The van der Waals surface area contributed by atoms with Crippen molar-refractivity contribution in [2.75, 3.05) is 13.1 Å². The van der Waals surface area contributed by atoms with Gasteiger partial charge in [0, 0.05) is 18.8 Å². The molecule has 0 N–H and O–H groups in total. The highest BCUT2D eigenvalue weighted by atomic mass is 15.1. The van der Waals surface area contributed by atoms with E-state index in [1.807, 2.05) is 6.92 Å². The maximum atomic E-state index is 3.94. The van der Waals surface area contributed by atoms with E-state index < -0.39 is 0 Å². The van der Waals surface area contributed by atoms with Gasteiger partial charge in [-0.15, -0.1) is 0 Å². The highest BCUT2D eigenvalue weighted by Gasteiger charge is 2.18. The maximum Gasteiger partial charge on any atom is 0.0475 e. The average Bonchev–Trinajstić information content (AvgIpc) is 2.17. The molecule has 0 unspecified atom stereocenters. The molecular weight excluding hydrogens is 182 g/mol. The summed E-state index contributed by atoms with van der Waals surface area (Å²) < 4.78 is 0. The summed E-state index contributed by atoms with van der Waals surface area (Å²) in [5, 5.41) is 0. The Balaban J connectivity index is 2.47. The van der Waals surface area contributed by atoms with Crippen LogP contribution in [0.2, 0.25) is 0 Å². The van der Waals surface area contributed by atoms with Gasteiger partial charge in [0.25, 0.3) is 0 Å². The number of hydrogen-bond acceptors (Lipinski definition) is 1. The molecule has 0 amide bonds. The molecule has 0 aliphatic carbocycles. The molecule has 2 rings (SSSR count). The highest BCUT2D eigenvalue weighted by Crippen LogP contribution is 2.28. The largest absolute Gasteiger partial charge is 0.363 e. The molecular formula is C14H17N. The minimum absolute atomic E-state index is 1.02. The van der Waals surface area contributed by atoms with Gasteiger partial charge in [0.2, 0.25) is 0 Å². The van der Waals surface area contributed by atoms with Crippen LogP contribution in [0.5, 0.6) is 0 Å². The van der Waals surface area contributed by atoms with E-state index in [0.717, 1.165) is 18.7 Å². The zero-order valence-electron chi connectivity index (χ0n) is 9.46. The van der Waals surface area contributed by atoms with Gasteiger partial charge in [-0.3, -0.25) is 0 Å². The molecule has 0 radical (unpaired) electrons. The average molecular weight is 199 g/mol. The molecule has 78 valence electrons. The van der Waals surface area contributed by atoms with Crippen LogP contribution in [0.4, 0.5) is 0 Å². The molecule has 0 fully saturated rings. The van der Waals surface area contributed by atoms with Crippen molar-refractivity contribution >= 4 is 0 Å². The molecule has 0 saturated carbocycles. The molecule has 0 aromatic carbocycles. The quantitative estimate of drug-likeness (QED) is 0.627. The van der Waals surface area contributed by atoms with Crippen molar-refractivity contribution in [3.8, 4) is 0 Å². The molecule has 1 heteroatoms. The first kappa shape index (κ1) is 10.0. The van der Waals surface area contributed by atoms with E-state index in [9.17, 15) is 0 Å². The van der Waals surface area contributed by atoms with Gasteiger partial charge in [-0.2, -0.15) is 0 Å². The van der Waals surface area contributed by atoms with Gasteiger partial charge in [-0.05, 0) is 25.0 Å². The lowest BCUT2D eigenvalue weighted by Gasteiger charge is -2.33. The fraction of sp³-hybridized carbons (Fsp3) is 0.286. The Labute approximate surface area is 91.8 Å². The van der Waals surface area contributed by atoms with Crippen molar-refractivity contribution < 1.29 is 0 Å². The molecule has 2 heterocycles. The second-order valence-corrected chi connectivity index (χ2v) is 4.19. The SMILES string of the molecule is C=C(C)/C=C1/C=CCN2CC=CC(C)=C12. The molecule has 0 aromatic rings. The van der Waals surface area contributed by atoms with Crippen molar-refractivity contribution in [1.82, 2.24) is 4.90 Å². The van der Waals surface area contributed by atoms with Crippen LogP contribution in [-0.4, -0.2) is 18.0 Å². The number of nitrogens with zero attached hydrogens (tertiary/aromatic N) is 1. The fourth-order valence-electron chi connectivity index (χ4n) is 2.12. The van der Waals surface area contributed by atoms with E-state index in [1.165, 1.54) is 16.8 Å². The van der Waals surface area contributed by atoms with Crippen molar-refractivity contribution in [3.63, 3.8) is 0 Å². The van der Waals surface area contributed by atoms with Gasteiger partial charge in [-0.1, -0.05) is 42.5 Å². The number of allylic oxidation sites excluding steroid dienone is 5. The third kappa shape index (κ3) is 1.96. The topological polar surface area (TPSA) is 3.24 Å². The van der Waals surface area contributed by atoms with Crippen LogP contribution in [-0.2, 0) is 0 Å². The Kier molecular flexibility index (Phi) is 2.63. The van der Waals surface area contributed by atoms with Crippen LogP contribution >= 0.6 is 0 Å². The second-order valence-electron chi connectivity index (χ2n) is 4.19. The summed E-state index contributed by atoms with van der Waals surface area (Å²) in [4.78, 5) is 2.39. The van der Waals surface area contributed by atoms with Gasteiger partial charge >= 0.3 is 0 Å². The predicted molar refractivity (Wildman–Crippen MR) is 65.5 cm³/mol. The lowest BCUT2D eigenvalue weighted by Crippen LogP contribution is -2.29. The van der Waals surface area contributed by atoms with Gasteiger partial charge in [0.05, 0.1) is 0 Å². The van der Waals surface area contributed by atoms with Crippen LogP contribution in [0.3, 0.4) is 0 Å². The Bertz CT molecular complexity index is 405. The molecule has 2 aliphatic rings. The zero-order valence-corrected chi connectivity index (χ0v) is 9.46. The molecule has 0 aromatic heterocycles. The zero-order chi connectivity index (χ0) is 10.8. The first-order chi connectivity index (χ1) is 7.18. The van der Waals surface area contributed by atoms with E-state index in [-0.39, 0.29) is 0 Å². The standard InChI is InChI=1S/C14H17N/c1-11(2)10-13-7-5-9-15-8-4-6-12(3)14(13)15/h4-7,10H,1,8-9H2,2-3H3/b13-10-. The first-order valence-electron chi connectivity index (χ1n) is 5.35. The molecule has 0 bridgehead atoms. The Morgan fingerprint density at radius 3 is 2.67 bits per heavy atom. The summed E-state index contributed by atoms with van der Waals surface area (Å²) >= 11 is 0. The van der Waals surface area contributed by atoms with Crippen molar-refractivity contribution in [2.45, 2.75) is 13.8 Å². The Morgan fingerprint density at radius 2 is 2.00 bits per heavy atom. The van der Waals surface area contributed by atoms with Crippen LogP contribution in [0.1, 0.15) is 13.8 Å². The van der Waals surface area contributed by atoms with Gasteiger partial charge in [0.1, 0.15) is 0 Å². The van der Waals surface area contributed by atoms with E-state index >= 15 is 0 Å². The van der Waals surface area contributed by atoms with Crippen LogP contribution in [0, 0.1) is 0 Å². The summed E-state index contributed by atoms with van der Waals surface area (Å²) in [7, 11) is 0. The van der Waals surface area contributed by atoms with Gasteiger partial charge < -0.3 is 4.90 Å². The number of rotatable bonds is 1. The van der Waals surface area contributed by atoms with Crippen molar-refractivity contribution in [3.05, 3.63) is 59.4 Å². The van der Waals surface area contributed by atoms with Crippen LogP contribution in [0.15, 0.2) is 59.4 Å². The smallest absolute Gasteiger partial charge is 0.0475 e. The lowest BCUT2D eigenvalue weighted by atomic mass is 9.98. The summed E-state index contributed by atoms with van der Waals surface area (Å²) in [5.74, 6) is 0. The number of fused-ring (bicyclic) bond motifs is 1. The normalized spacial score (nSPS) is 22.3. The maximum absolute atomic E-state index is 3.94. The summed E-state index contributed by atoms with van der Waals surface area (Å²) in [6.45, 7) is 10.2. The summed E-state index contributed by atoms with van der Waals surface area (Å²) in [6.07, 6.45) is 11.0. The molecule has 0 saturated heterocycles. The summed E-state index contributed by atoms with van der Waals surface area (Å²) in [5.41, 5.74) is 5.10. The molecule has 15 heavy (non-hydrogen) atoms. The minimum Gasteiger partial charge on any atom is -0.363 e. The predicted octanol–water partition coefficient (Wildman–Crippen LogP) is 3.20. The molecule has 0 spiro atoms. The monoisotopic (exact) mass is 199 g/mol. The third-order valence-corrected chi connectivity index (χ3v) is 2.68. The Morgan fingerprint density at radius 1 is 1.33 bits per heavy atom. The van der Waals surface area contributed by atoms with Crippen molar-refractivity contribution in [2.24, 2.45) is 0 Å². The van der Waals surface area contributed by atoms with Gasteiger partial charge in [0.15, 0.2) is 0 Å². The van der Waals surface area contributed by atoms with E-state index in [4.69, 9.17) is 0 Å². The summed E-state index contributed by atoms with van der Waals surface area (Å²) in [6, 6.07) is 0. The van der Waals surface area contributed by atoms with E-state index in [0.29, 0.717) is 0 Å². The van der Waals surface area contributed by atoms with Crippen LogP contribution < -0.4 is 0 Å². The minimum atomic E-state index is 1.02.